The van der Waals surface area contributed by atoms with Gasteiger partial charge in [0.2, 0.25) is 5.75 Å². The third-order valence-corrected chi connectivity index (χ3v) is 4.94. The number of halogens is 3. The Kier molecular flexibility index (Phi) is 6.10. The number of hydrogen-bond acceptors (Lipinski definition) is 5. The van der Waals surface area contributed by atoms with Crippen LogP contribution >= 0.6 is 0 Å². The molecule has 0 saturated carbocycles. The number of nitrogens with one attached hydrogen (secondary N) is 1. The lowest BCUT2D eigenvalue weighted by molar-refractivity contribution is -1.01. The van der Waals surface area contributed by atoms with Crippen molar-refractivity contribution in [2.45, 2.75) is 24.7 Å². The first-order valence-corrected chi connectivity index (χ1v) is 8.42. The lowest BCUT2D eigenvalue weighted by Gasteiger charge is -2.41. The van der Waals surface area contributed by atoms with Gasteiger partial charge in [-0.05, 0) is 19.1 Å². The molecule has 10 heteroatoms. The molecule has 7 nitrogen and oxygen atoms in total. The van der Waals surface area contributed by atoms with Gasteiger partial charge in [-0.15, -0.1) is 0 Å². The van der Waals surface area contributed by atoms with Crippen LogP contribution in [0, 0.1) is 0 Å². The van der Waals surface area contributed by atoms with Crippen molar-refractivity contribution in [1.29, 1.82) is 0 Å². The zero-order valence-corrected chi connectivity index (χ0v) is 15.6. The molecule has 0 amide bonds. The molecule has 0 radical (unpaired) electrons. The Hall–Kier alpha value is -2.20. The van der Waals surface area contributed by atoms with Gasteiger partial charge in [-0.25, -0.2) is 4.79 Å². The first-order chi connectivity index (χ1) is 12.6. The Balaban J connectivity index is 2.81. The number of carbonyl (C=O) groups is 1. The number of phenols is 1. The minimum absolute atomic E-state index is 0.0200. The summed E-state index contributed by atoms with van der Waals surface area (Å²) in [5.41, 5.74) is -3.38. The van der Waals surface area contributed by atoms with Crippen LogP contribution in [0.5, 0.6) is 17.2 Å². The number of hydrogen-bond donors (Lipinski definition) is 3. The Morgan fingerprint density at radius 3 is 2.19 bits per heavy atom. The van der Waals surface area contributed by atoms with Crippen molar-refractivity contribution in [1.82, 2.24) is 0 Å². The number of aromatic hydroxyl groups is 1. The molecule has 27 heavy (non-hydrogen) atoms. The van der Waals surface area contributed by atoms with E-state index in [1.54, 1.807) is 6.92 Å². The molecular formula is C17H25F3N2O5+2. The molecule has 1 aromatic rings. The largest absolute Gasteiger partial charge is 0.502 e. The van der Waals surface area contributed by atoms with Crippen LogP contribution in [0.3, 0.4) is 0 Å². The molecular weight excluding hydrogens is 369 g/mol. The standard InChI is InChI=1S/C17H23F3N2O5/c1-10-9-22(6-5-21-10)16(15(24)27-4,17(18,19)20)11-7-12(25-2)14(23)13(8-11)26-3/h7-8,10,21,23H,5-6,9H2,1-4H3/p+2/t10-,16-/m0/s1. The van der Waals surface area contributed by atoms with Crippen LogP contribution in [-0.2, 0) is 15.1 Å². The maximum atomic E-state index is 14.5. The van der Waals surface area contributed by atoms with Gasteiger partial charge in [0.1, 0.15) is 25.7 Å². The fourth-order valence-corrected chi connectivity index (χ4v) is 3.67. The van der Waals surface area contributed by atoms with E-state index in [0.717, 1.165) is 19.2 Å². The van der Waals surface area contributed by atoms with Gasteiger partial charge >= 0.3 is 17.7 Å². The van der Waals surface area contributed by atoms with Crippen molar-refractivity contribution in [3.8, 4) is 17.2 Å². The number of piperazine rings is 1. The van der Waals surface area contributed by atoms with Gasteiger partial charge in [-0.2, -0.15) is 13.2 Å². The summed E-state index contributed by atoms with van der Waals surface area (Å²) in [5, 5.41) is 12.0. The number of methoxy groups -OCH3 is 3. The minimum Gasteiger partial charge on any atom is -0.502 e. The van der Waals surface area contributed by atoms with Crippen LogP contribution in [0.4, 0.5) is 13.2 Å². The average Bonchev–Trinajstić information content (AvgIpc) is 2.61. The predicted octanol–water partition coefficient (Wildman–Crippen LogP) is -0.810. The van der Waals surface area contributed by atoms with Crippen LogP contribution in [-0.4, -0.2) is 64.3 Å². The molecule has 2 rings (SSSR count). The van der Waals surface area contributed by atoms with Gasteiger partial charge < -0.3 is 24.6 Å². The molecule has 152 valence electrons. The lowest BCUT2D eigenvalue weighted by atomic mass is 9.85. The summed E-state index contributed by atoms with van der Waals surface area (Å²) < 4.78 is 58.1. The summed E-state index contributed by atoms with van der Waals surface area (Å²) >= 11 is 0. The number of carbonyl (C=O) groups excluding carboxylic acids is 1. The zero-order chi connectivity index (χ0) is 20.4. The average molecular weight is 394 g/mol. The molecule has 1 heterocycles. The third kappa shape index (κ3) is 3.51. The number of alkyl halides is 3. The second-order valence-electron chi connectivity index (χ2n) is 6.53. The summed E-state index contributed by atoms with van der Waals surface area (Å²) in [6, 6.07) is 1.91. The number of nitrogens with two attached hydrogens (primary N) is 1. The van der Waals surface area contributed by atoms with Crippen molar-refractivity contribution < 1.29 is 47.5 Å². The van der Waals surface area contributed by atoms with Crippen molar-refractivity contribution in [2.24, 2.45) is 0 Å². The topological polar surface area (TPSA) is 86.0 Å². The molecule has 0 bridgehead atoms. The maximum absolute atomic E-state index is 14.5. The van der Waals surface area contributed by atoms with Crippen molar-refractivity contribution in [2.75, 3.05) is 41.0 Å². The summed E-state index contributed by atoms with van der Waals surface area (Å²) in [4.78, 5) is 12.7. The summed E-state index contributed by atoms with van der Waals surface area (Å²) in [5.74, 6) is -2.32. The molecule has 1 aromatic carbocycles. The Labute approximate surface area is 155 Å². The molecule has 4 N–H and O–H groups in total. The van der Waals surface area contributed by atoms with Gasteiger partial charge in [0.05, 0.1) is 21.3 Å². The number of esters is 1. The van der Waals surface area contributed by atoms with E-state index in [0.29, 0.717) is 6.54 Å². The number of quaternary nitrogens is 2. The van der Waals surface area contributed by atoms with Crippen molar-refractivity contribution >= 4 is 5.97 Å². The van der Waals surface area contributed by atoms with Crippen LogP contribution in [0.2, 0.25) is 0 Å². The maximum Gasteiger partial charge on any atom is 0.460 e. The van der Waals surface area contributed by atoms with E-state index in [-0.39, 0.29) is 35.5 Å². The highest BCUT2D eigenvalue weighted by Gasteiger charge is 2.71. The molecule has 1 aliphatic heterocycles. The normalized spacial score (nSPS) is 22.6. The van der Waals surface area contributed by atoms with Crippen molar-refractivity contribution in [3.05, 3.63) is 17.7 Å². The van der Waals surface area contributed by atoms with Gasteiger partial charge in [0.25, 0.3) is 0 Å². The van der Waals surface area contributed by atoms with E-state index < -0.39 is 29.0 Å². The van der Waals surface area contributed by atoms with Crippen molar-refractivity contribution in [3.63, 3.8) is 0 Å². The minimum atomic E-state index is -4.96. The van der Waals surface area contributed by atoms with Gasteiger partial charge in [-0.3, -0.25) is 4.90 Å². The second kappa shape index (κ2) is 7.81. The molecule has 1 unspecified atom stereocenters. The second-order valence-corrected chi connectivity index (χ2v) is 6.53. The van der Waals surface area contributed by atoms with E-state index in [1.807, 2.05) is 5.32 Å². The molecule has 3 atom stereocenters. The molecule has 1 aliphatic rings. The predicted molar refractivity (Wildman–Crippen MR) is 87.9 cm³/mol. The van der Waals surface area contributed by atoms with Gasteiger partial charge in [0.15, 0.2) is 11.5 Å². The molecule has 1 fully saturated rings. The van der Waals surface area contributed by atoms with Crippen LogP contribution in [0.15, 0.2) is 12.1 Å². The number of benzene rings is 1. The third-order valence-electron chi connectivity index (χ3n) is 4.94. The Morgan fingerprint density at radius 2 is 1.78 bits per heavy atom. The monoisotopic (exact) mass is 394 g/mol. The highest BCUT2D eigenvalue weighted by molar-refractivity contribution is 5.83. The summed E-state index contributed by atoms with van der Waals surface area (Å²) in [6.07, 6.45) is -4.96. The fourth-order valence-electron chi connectivity index (χ4n) is 3.67. The Bertz CT molecular complexity index is 673. The van der Waals surface area contributed by atoms with Gasteiger partial charge in [-0.1, -0.05) is 0 Å². The van der Waals surface area contributed by atoms with E-state index in [9.17, 15) is 23.1 Å². The highest BCUT2D eigenvalue weighted by Crippen LogP contribution is 2.44. The van der Waals surface area contributed by atoms with E-state index in [1.165, 1.54) is 14.2 Å². The van der Waals surface area contributed by atoms with E-state index >= 15 is 0 Å². The number of rotatable bonds is 5. The molecule has 0 aromatic heterocycles. The van der Waals surface area contributed by atoms with E-state index in [2.05, 4.69) is 4.74 Å². The highest BCUT2D eigenvalue weighted by atomic mass is 19.4. The molecule has 0 spiro atoms. The summed E-state index contributed by atoms with van der Waals surface area (Å²) in [6.45, 7) is 2.43. The Morgan fingerprint density at radius 1 is 1.22 bits per heavy atom. The first kappa shape index (κ1) is 21.1. The van der Waals surface area contributed by atoms with E-state index in [4.69, 9.17) is 9.47 Å². The number of phenolic OH excluding ortho intramolecular Hbond substituents is 1. The van der Waals surface area contributed by atoms with Crippen LogP contribution in [0.25, 0.3) is 0 Å². The number of ether oxygens (including phenoxy) is 3. The van der Waals surface area contributed by atoms with Gasteiger partial charge in [0, 0.05) is 5.56 Å². The molecule has 1 saturated heterocycles. The van der Waals surface area contributed by atoms with Crippen LogP contribution in [0.1, 0.15) is 12.5 Å². The van der Waals surface area contributed by atoms with Crippen LogP contribution < -0.4 is 19.7 Å². The SMILES string of the molecule is COC(=O)[C@](c1cc(OC)c(O)c(OC)c1)([NH+]1CC[NH2+][C@@H](C)C1)C(F)(F)F. The lowest BCUT2D eigenvalue weighted by Crippen LogP contribution is -3.28. The zero-order valence-electron chi connectivity index (χ0n) is 15.6. The smallest absolute Gasteiger partial charge is 0.460 e. The summed E-state index contributed by atoms with van der Waals surface area (Å²) in [7, 11) is 3.34. The molecule has 0 aliphatic carbocycles. The first-order valence-electron chi connectivity index (χ1n) is 8.42. The quantitative estimate of drug-likeness (QED) is 0.569. The fraction of sp³-hybridized carbons (Fsp3) is 0.588.